The highest BCUT2D eigenvalue weighted by Gasteiger charge is 2.11. The molecule has 0 radical (unpaired) electrons. The Kier molecular flexibility index (Phi) is 4.63. The monoisotopic (exact) mass is 260 g/mol. The molecule has 0 spiro atoms. The predicted octanol–water partition coefficient (Wildman–Crippen LogP) is 1.18. The van der Waals surface area contributed by atoms with Crippen molar-refractivity contribution in [3.05, 3.63) is 42.0 Å². The van der Waals surface area contributed by atoms with E-state index in [1.807, 2.05) is 12.1 Å². The van der Waals surface area contributed by atoms with Crippen LogP contribution in [0.5, 0.6) is 11.8 Å². The van der Waals surface area contributed by atoms with E-state index in [9.17, 15) is 0 Å². The van der Waals surface area contributed by atoms with E-state index in [1.54, 1.807) is 26.6 Å². The van der Waals surface area contributed by atoms with E-state index < -0.39 is 0 Å². The van der Waals surface area contributed by atoms with Gasteiger partial charge in [0.15, 0.2) is 0 Å². The molecule has 0 amide bonds. The summed E-state index contributed by atoms with van der Waals surface area (Å²) >= 11 is 0. The van der Waals surface area contributed by atoms with Crippen LogP contribution in [0.2, 0.25) is 0 Å². The van der Waals surface area contributed by atoms with Crippen molar-refractivity contribution in [3.63, 3.8) is 0 Å². The molecule has 0 aliphatic rings. The maximum atomic E-state index is 5.21. The molecule has 100 valence electrons. The van der Waals surface area contributed by atoms with Gasteiger partial charge in [0.1, 0.15) is 6.33 Å². The first-order valence-corrected chi connectivity index (χ1v) is 5.86. The first-order chi connectivity index (χ1) is 9.35. The highest BCUT2D eigenvalue weighted by Crippen LogP contribution is 2.22. The highest BCUT2D eigenvalue weighted by molar-refractivity contribution is 5.34. The number of hydrogen-bond acceptors (Lipinski definition) is 6. The molecular formula is C13H16N4O2. The Balaban J connectivity index is 2.02. The second-order valence-electron chi connectivity index (χ2n) is 3.83. The van der Waals surface area contributed by atoms with Crippen LogP contribution >= 0.6 is 0 Å². The Labute approximate surface area is 111 Å². The normalized spacial score (nSPS) is 10.2. The van der Waals surface area contributed by atoms with Crippen LogP contribution in [-0.4, -0.2) is 29.2 Å². The lowest BCUT2D eigenvalue weighted by molar-refractivity contribution is 0.359. The molecular weight excluding hydrogens is 244 g/mol. The summed E-state index contributed by atoms with van der Waals surface area (Å²) in [4.78, 5) is 12.1. The summed E-state index contributed by atoms with van der Waals surface area (Å²) in [6.45, 7) is 1.29. The van der Waals surface area contributed by atoms with Crippen molar-refractivity contribution >= 4 is 0 Å². The first-order valence-electron chi connectivity index (χ1n) is 5.86. The van der Waals surface area contributed by atoms with Crippen molar-refractivity contribution in [3.8, 4) is 11.8 Å². The molecule has 0 saturated heterocycles. The third kappa shape index (κ3) is 3.38. The smallest absolute Gasteiger partial charge is 0.224 e. The molecule has 19 heavy (non-hydrogen) atoms. The zero-order valence-corrected chi connectivity index (χ0v) is 11.0. The van der Waals surface area contributed by atoms with Crippen molar-refractivity contribution in [1.82, 2.24) is 20.3 Å². The van der Waals surface area contributed by atoms with Gasteiger partial charge < -0.3 is 14.8 Å². The summed E-state index contributed by atoms with van der Waals surface area (Å²) in [7, 11) is 3.16. The van der Waals surface area contributed by atoms with Gasteiger partial charge in [-0.15, -0.1) is 0 Å². The lowest BCUT2D eigenvalue weighted by Crippen LogP contribution is -2.15. The minimum atomic E-state index is 0.522. The zero-order valence-electron chi connectivity index (χ0n) is 11.0. The minimum Gasteiger partial charge on any atom is -0.481 e. The van der Waals surface area contributed by atoms with Gasteiger partial charge in [0.05, 0.1) is 19.8 Å². The molecule has 0 saturated carbocycles. The van der Waals surface area contributed by atoms with Crippen LogP contribution in [-0.2, 0) is 13.1 Å². The average Bonchev–Trinajstić information content (AvgIpc) is 2.48. The molecule has 6 nitrogen and oxygen atoms in total. The number of nitrogens with zero attached hydrogens (tertiary/aromatic N) is 3. The van der Waals surface area contributed by atoms with Crippen LogP contribution in [0, 0.1) is 0 Å². The Hall–Kier alpha value is -2.21. The van der Waals surface area contributed by atoms with E-state index in [4.69, 9.17) is 9.47 Å². The van der Waals surface area contributed by atoms with E-state index in [0.29, 0.717) is 18.3 Å². The molecule has 2 heterocycles. The molecule has 0 atom stereocenters. The fraction of sp³-hybridized carbons (Fsp3) is 0.308. The Morgan fingerprint density at radius 1 is 1.00 bits per heavy atom. The van der Waals surface area contributed by atoms with E-state index >= 15 is 0 Å². The number of rotatable bonds is 6. The van der Waals surface area contributed by atoms with Crippen LogP contribution < -0.4 is 14.8 Å². The molecule has 0 aliphatic carbocycles. The molecule has 2 rings (SSSR count). The van der Waals surface area contributed by atoms with Gasteiger partial charge in [0, 0.05) is 25.5 Å². The Morgan fingerprint density at radius 2 is 1.63 bits per heavy atom. The number of nitrogens with one attached hydrogen (secondary N) is 1. The van der Waals surface area contributed by atoms with Gasteiger partial charge in [-0.1, -0.05) is 0 Å². The van der Waals surface area contributed by atoms with E-state index in [0.717, 1.165) is 17.7 Å². The van der Waals surface area contributed by atoms with Crippen molar-refractivity contribution in [1.29, 1.82) is 0 Å². The number of hydrogen-bond donors (Lipinski definition) is 1. The lowest BCUT2D eigenvalue weighted by atomic mass is 10.2. The van der Waals surface area contributed by atoms with E-state index in [-0.39, 0.29) is 0 Å². The predicted molar refractivity (Wildman–Crippen MR) is 69.9 cm³/mol. The Bertz CT molecular complexity index is 497. The molecule has 0 bridgehead atoms. The molecule has 6 heteroatoms. The van der Waals surface area contributed by atoms with Gasteiger partial charge in [-0.25, -0.2) is 9.97 Å². The van der Waals surface area contributed by atoms with E-state index in [1.165, 1.54) is 6.33 Å². The van der Waals surface area contributed by atoms with Gasteiger partial charge in [0.2, 0.25) is 11.8 Å². The molecule has 1 N–H and O–H groups in total. The summed E-state index contributed by atoms with van der Waals surface area (Å²) in [5, 5.41) is 3.30. The number of ether oxygens (including phenoxy) is 2. The van der Waals surface area contributed by atoms with Gasteiger partial charge >= 0.3 is 0 Å². The van der Waals surface area contributed by atoms with Crippen molar-refractivity contribution in [2.45, 2.75) is 13.1 Å². The van der Waals surface area contributed by atoms with Gasteiger partial charge in [-0.05, 0) is 17.7 Å². The molecule has 0 aliphatic heterocycles. The quantitative estimate of drug-likeness (QED) is 0.841. The fourth-order valence-electron chi connectivity index (χ4n) is 1.72. The minimum absolute atomic E-state index is 0.522. The van der Waals surface area contributed by atoms with Crippen LogP contribution in [0.4, 0.5) is 0 Å². The molecule has 2 aromatic rings. The largest absolute Gasteiger partial charge is 0.481 e. The van der Waals surface area contributed by atoms with Crippen LogP contribution in [0.15, 0.2) is 30.9 Å². The van der Waals surface area contributed by atoms with Crippen LogP contribution in [0.25, 0.3) is 0 Å². The lowest BCUT2D eigenvalue weighted by Gasteiger charge is -2.11. The maximum absolute atomic E-state index is 5.21. The van der Waals surface area contributed by atoms with Gasteiger partial charge in [-0.2, -0.15) is 0 Å². The summed E-state index contributed by atoms with van der Waals surface area (Å²) in [5.41, 5.74) is 1.96. The molecule has 0 fully saturated rings. The summed E-state index contributed by atoms with van der Waals surface area (Å²) in [6.07, 6.45) is 4.96. The summed E-state index contributed by atoms with van der Waals surface area (Å²) < 4.78 is 10.4. The van der Waals surface area contributed by atoms with Crippen molar-refractivity contribution < 1.29 is 9.47 Å². The van der Waals surface area contributed by atoms with E-state index in [2.05, 4.69) is 20.3 Å². The van der Waals surface area contributed by atoms with Crippen LogP contribution in [0.1, 0.15) is 11.1 Å². The fourth-order valence-corrected chi connectivity index (χ4v) is 1.72. The second kappa shape index (κ2) is 6.65. The first kappa shape index (κ1) is 13.2. The average molecular weight is 260 g/mol. The standard InChI is InChI=1S/C13H16N4O2/c1-18-12-11(13(19-2)17-9-16-12)8-15-7-10-3-5-14-6-4-10/h3-6,9,15H,7-8H2,1-2H3. The Morgan fingerprint density at radius 3 is 2.21 bits per heavy atom. The third-order valence-electron chi connectivity index (χ3n) is 2.63. The molecule has 2 aromatic heterocycles. The third-order valence-corrected chi connectivity index (χ3v) is 2.63. The molecule has 0 aromatic carbocycles. The van der Waals surface area contributed by atoms with Crippen molar-refractivity contribution in [2.24, 2.45) is 0 Å². The summed E-state index contributed by atoms with van der Waals surface area (Å²) in [6, 6.07) is 3.92. The number of aromatic nitrogens is 3. The number of pyridine rings is 1. The van der Waals surface area contributed by atoms with Crippen molar-refractivity contribution in [2.75, 3.05) is 14.2 Å². The topological polar surface area (TPSA) is 69.2 Å². The van der Waals surface area contributed by atoms with Crippen LogP contribution in [0.3, 0.4) is 0 Å². The molecule has 0 unspecified atom stereocenters. The van der Waals surface area contributed by atoms with Gasteiger partial charge in [-0.3, -0.25) is 4.98 Å². The second-order valence-corrected chi connectivity index (χ2v) is 3.83. The summed E-state index contributed by atoms with van der Waals surface area (Å²) in [5.74, 6) is 1.04. The zero-order chi connectivity index (χ0) is 13.5. The van der Waals surface area contributed by atoms with Gasteiger partial charge in [0.25, 0.3) is 0 Å². The highest BCUT2D eigenvalue weighted by atomic mass is 16.5. The SMILES string of the molecule is COc1ncnc(OC)c1CNCc1ccncc1. The number of methoxy groups -OCH3 is 2. The maximum Gasteiger partial charge on any atom is 0.224 e.